The molecule has 1 aromatic heterocycles. The molecule has 0 aliphatic heterocycles. The molecule has 24 heavy (non-hydrogen) atoms. The minimum atomic E-state index is -1.70. The van der Waals surface area contributed by atoms with Gasteiger partial charge in [0.2, 0.25) is 11.4 Å². The molecule has 1 atom stereocenters. The fourth-order valence-electron chi connectivity index (χ4n) is 2.49. The molecule has 0 bridgehead atoms. The predicted molar refractivity (Wildman–Crippen MR) is 95.0 cm³/mol. The van der Waals surface area contributed by atoms with Gasteiger partial charge in [0.15, 0.2) is 0 Å². The molecule has 128 valence electrons. The first-order valence-electron chi connectivity index (χ1n) is 7.56. The summed E-state index contributed by atoms with van der Waals surface area (Å²) in [4.78, 5) is 28.1. The summed E-state index contributed by atoms with van der Waals surface area (Å²) in [7, 11) is 1.32. The van der Waals surface area contributed by atoms with Crippen LogP contribution in [0, 0.1) is 6.92 Å². The average molecular weight is 394 g/mol. The molecule has 1 aromatic carbocycles. The van der Waals surface area contributed by atoms with Gasteiger partial charge in [0.05, 0.1) is 12.3 Å². The van der Waals surface area contributed by atoms with Crippen LogP contribution in [0.3, 0.4) is 0 Å². The highest BCUT2D eigenvalue weighted by molar-refractivity contribution is 9.10. The molecule has 0 spiro atoms. The lowest BCUT2D eigenvalue weighted by atomic mass is 9.92. The Morgan fingerprint density at radius 1 is 1.25 bits per heavy atom. The molecule has 6 heteroatoms. The first kappa shape index (κ1) is 18.4. The van der Waals surface area contributed by atoms with E-state index in [1.54, 1.807) is 13.1 Å². The lowest BCUT2D eigenvalue weighted by molar-refractivity contribution is -0.160. The van der Waals surface area contributed by atoms with Gasteiger partial charge in [-0.1, -0.05) is 22.0 Å². The Hall–Kier alpha value is -1.92. The van der Waals surface area contributed by atoms with Gasteiger partial charge in [-0.05, 0) is 50.1 Å². The fourth-order valence-corrected chi connectivity index (χ4v) is 2.96. The molecule has 1 unspecified atom stereocenters. The van der Waals surface area contributed by atoms with Crippen LogP contribution in [0.4, 0.5) is 0 Å². The number of methoxy groups -OCH3 is 1. The number of nitrogens with one attached hydrogen (secondary N) is 1. The predicted octanol–water partition coefficient (Wildman–Crippen LogP) is 3.90. The maximum absolute atomic E-state index is 13.0. The van der Waals surface area contributed by atoms with Crippen LogP contribution in [0.15, 0.2) is 34.9 Å². The maximum atomic E-state index is 13.0. The largest absolute Gasteiger partial charge is 0.464 e. The molecule has 0 aliphatic rings. The molecular formula is C18H20BrNO4. The Morgan fingerprint density at radius 2 is 1.96 bits per heavy atom. The van der Waals surface area contributed by atoms with Crippen molar-refractivity contribution in [3.8, 4) is 11.1 Å². The van der Waals surface area contributed by atoms with Crippen molar-refractivity contribution < 1.29 is 19.1 Å². The van der Waals surface area contributed by atoms with Crippen molar-refractivity contribution in [2.45, 2.75) is 26.4 Å². The van der Waals surface area contributed by atoms with Crippen LogP contribution in [0.5, 0.6) is 0 Å². The summed E-state index contributed by atoms with van der Waals surface area (Å²) >= 11 is 3.43. The monoisotopic (exact) mass is 393 g/mol. The quantitative estimate of drug-likeness (QED) is 0.458. The van der Waals surface area contributed by atoms with E-state index in [0.717, 1.165) is 21.2 Å². The minimum absolute atomic E-state index is 0.175. The van der Waals surface area contributed by atoms with Crippen molar-refractivity contribution in [3.05, 3.63) is 46.2 Å². The number of hydrogen-bond acceptors (Lipinski definition) is 4. The number of hydrogen-bond donors (Lipinski definition) is 1. The van der Waals surface area contributed by atoms with Crippen LogP contribution in [-0.2, 0) is 14.3 Å². The molecule has 0 saturated heterocycles. The number of carbonyl (C=O) groups is 2. The van der Waals surface area contributed by atoms with Crippen molar-refractivity contribution >= 4 is 27.7 Å². The Bertz CT molecular complexity index is 768. The van der Waals surface area contributed by atoms with Crippen LogP contribution in [0.2, 0.25) is 0 Å². The molecule has 0 fully saturated rings. The Balaban J connectivity index is 2.49. The number of aromatic amines is 1. The summed E-state index contributed by atoms with van der Waals surface area (Å²) in [5.74, 6) is -1.17. The maximum Gasteiger partial charge on any atom is 0.346 e. The lowest BCUT2D eigenvalue weighted by Crippen LogP contribution is -2.47. The second-order valence-electron chi connectivity index (χ2n) is 5.51. The van der Waals surface area contributed by atoms with Gasteiger partial charge in [-0.3, -0.25) is 4.79 Å². The summed E-state index contributed by atoms with van der Waals surface area (Å²) in [6.45, 7) is 5.24. The second-order valence-corrected chi connectivity index (χ2v) is 6.43. The van der Waals surface area contributed by atoms with Gasteiger partial charge in [-0.25, -0.2) is 4.79 Å². The number of benzene rings is 1. The molecule has 1 N–H and O–H groups in total. The van der Waals surface area contributed by atoms with Crippen molar-refractivity contribution in [3.63, 3.8) is 0 Å². The van der Waals surface area contributed by atoms with E-state index in [1.165, 1.54) is 14.0 Å². The molecular weight excluding hydrogens is 374 g/mol. The zero-order valence-corrected chi connectivity index (χ0v) is 15.7. The zero-order valence-electron chi connectivity index (χ0n) is 14.1. The number of rotatable bonds is 6. The van der Waals surface area contributed by atoms with E-state index in [9.17, 15) is 9.59 Å². The van der Waals surface area contributed by atoms with Gasteiger partial charge >= 0.3 is 5.97 Å². The number of ether oxygens (including phenoxy) is 2. The number of aromatic nitrogens is 1. The third-order valence-corrected chi connectivity index (χ3v) is 4.45. The molecule has 0 aliphatic carbocycles. The van der Waals surface area contributed by atoms with Crippen LogP contribution < -0.4 is 0 Å². The summed E-state index contributed by atoms with van der Waals surface area (Å²) in [5.41, 5.74) is 1.26. The first-order valence-corrected chi connectivity index (χ1v) is 8.35. The number of Topliss-reactive ketones (excluding diaryl/α,β-unsaturated/α-hetero) is 1. The number of H-pyrrole nitrogens is 1. The van der Waals surface area contributed by atoms with E-state index in [4.69, 9.17) is 9.47 Å². The normalized spacial score (nSPS) is 13.4. The number of ketones is 1. The van der Waals surface area contributed by atoms with Gasteiger partial charge in [-0.15, -0.1) is 0 Å². The third kappa shape index (κ3) is 3.30. The van der Waals surface area contributed by atoms with E-state index in [0.29, 0.717) is 5.69 Å². The molecule has 2 rings (SSSR count). The summed E-state index contributed by atoms with van der Waals surface area (Å²) in [6, 6.07) is 7.61. The van der Waals surface area contributed by atoms with Gasteiger partial charge < -0.3 is 14.5 Å². The van der Waals surface area contributed by atoms with Crippen LogP contribution in [0.25, 0.3) is 11.1 Å². The number of carbonyl (C=O) groups excluding carboxylic acids is 2. The van der Waals surface area contributed by atoms with Gasteiger partial charge in [0, 0.05) is 23.3 Å². The number of esters is 1. The summed E-state index contributed by atoms with van der Waals surface area (Å²) < 4.78 is 11.2. The molecule has 0 saturated carbocycles. The standard InChI is InChI=1S/C18H20BrNO4/c1-5-24-17(22)18(3,23-4)16(21)15-14(8-9-20-15)13-7-6-12(19)10-11(13)2/h6-10,20H,5H2,1-4H3. The van der Waals surface area contributed by atoms with Crippen molar-refractivity contribution in [1.29, 1.82) is 0 Å². The lowest BCUT2D eigenvalue weighted by Gasteiger charge is -2.24. The van der Waals surface area contributed by atoms with E-state index in [2.05, 4.69) is 20.9 Å². The summed E-state index contributed by atoms with van der Waals surface area (Å²) in [5, 5.41) is 0. The van der Waals surface area contributed by atoms with Gasteiger partial charge in [0.1, 0.15) is 0 Å². The van der Waals surface area contributed by atoms with E-state index in [1.807, 2.05) is 31.2 Å². The van der Waals surface area contributed by atoms with Gasteiger partial charge in [0.25, 0.3) is 0 Å². The topological polar surface area (TPSA) is 68.4 Å². The highest BCUT2D eigenvalue weighted by Gasteiger charge is 2.44. The van der Waals surface area contributed by atoms with E-state index < -0.39 is 17.4 Å². The Kier molecular flexibility index (Phi) is 5.62. The van der Waals surface area contributed by atoms with E-state index in [-0.39, 0.29) is 6.61 Å². The highest BCUT2D eigenvalue weighted by Crippen LogP contribution is 2.31. The van der Waals surface area contributed by atoms with Crippen LogP contribution in [-0.4, -0.2) is 36.1 Å². The smallest absolute Gasteiger partial charge is 0.346 e. The molecule has 2 aromatic rings. The van der Waals surface area contributed by atoms with Crippen LogP contribution in [0.1, 0.15) is 29.9 Å². The minimum Gasteiger partial charge on any atom is -0.464 e. The number of halogens is 1. The SMILES string of the molecule is CCOC(=O)C(C)(OC)C(=O)c1[nH]ccc1-c1ccc(Br)cc1C. The average Bonchev–Trinajstić information content (AvgIpc) is 3.02. The Labute approximate surface area is 149 Å². The van der Waals surface area contributed by atoms with Crippen molar-refractivity contribution in [2.75, 3.05) is 13.7 Å². The molecule has 0 radical (unpaired) electrons. The number of aryl methyl sites for hydroxylation is 1. The highest BCUT2D eigenvalue weighted by atomic mass is 79.9. The summed E-state index contributed by atoms with van der Waals surface area (Å²) in [6.07, 6.45) is 1.67. The molecule has 0 amide bonds. The first-order chi connectivity index (χ1) is 11.3. The van der Waals surface area contributed by atoms with E-state index >= 15 is 0 Å². The van der Waals surface area contributed by atoms with Crippen molar-refractivity contribution in [2.24, 2.45) is 0 Å². The van der Waals surface area contributed by atoms with Gasteiger partial charge in [-0.2, -0.15) is 0 Å². The van der Waals surface area contributed by atoms with Crippen molar-refractivity contribution in [1.82, 2.24) is 4.98 Å². The fraction of sp³-hybridized carbons (Fsp3) is 0.333. The molecule has 1 heterocycles. The molecule has 5 nitrogen and oxygen atoms in total. The van der Waals surface area contributed by atoms with Crippen LogP contribution >= 0.6 is 15.9 Å². The third-order valence-electron chi connectivity index (χ3n) is 3.96. The second kappa shape index (κ2) is 7.32. The zero-order chi connectivity index (χ0) is 17.9. The Morgan fingerprint density at radius 3 is 2.54 bits per heavy atom.